The van der Waals surface area contributed by atoms with Gasteiger partial charge in [-0.05, 0) is 36.0 Å². The minimum absolute atomic E-state index is 0.420. The summed E-state index contributed by atoms with van der Waals surface area (Å²) in [4.78, 5) is 2.39. The van der Waals surface area contributed by atoms with E-state index in [-0.39, 0.29) is 0 Å². The number of hydrogen-bond donors (Lipinski definition) is 1. The molecule has 0 bridgehead atoms. The molecule has 3 rings (SSSR count). The molecule has 0 spiro atoms. The van der Waals surface area contributed by atoms with Gasteiger partial charge in [-0.15, -0.1) is 0 Å². The number of piperidine rings is 1. The van der Waals surface area contributed by atoms with Crippen LogP contribution in [0.2, 0.25) is 0 Å². The van der Waals surface area contributed by atoms with Crippen molar-refractivity contribution in [1.29, 1.82) is 0 Å². The third-order valence-electron chi connectivity index (χ3n) is 4.55. The van der Waals surface area contributed by atoms with Gasteiger partial charge in [-0.2, -0.15) is 0 Å². The Morgan fingerprint density at radius 3 is 2.86 bits per heavy atom. The first-order valence-electron chi connectivity index (χ1n) is 7.47. The third-order valence-corrected chi connectivity index (χ3v) is 5.82. The number of nitrogens with zero attached hydrogens (tertiary/aromatic N) is 2. The molecular formula is C15H23N3O2S. The van der Waals surface area contributed by atoms with Gasteiger partial charge in [0.05, 0.1) is 6.26 Å². The lowest BCUT2D eigenvalue weighted by molar-refractivity contribution is 0.179. The predicted molar refractivity (Wildman–Crippen MR) is 84.1 cm³/mol. The van der Waals surface area contributed by atoms with Crippen molar-refractivity contribution in [3.8, 4) is 0 Å². The van der Waals surface area contributed by atoms with Crippen molar-refractivity contribution in [2.75, 3.05) is 31.6 Å². The summed E-state index contributed by atoms with van der Waals surface area (Å²) in [5.74, 6) is 0.420. The summed E-state index contributed by atoms with van der Waals surface area (Å²) in [5, 5.41) is 0. The molecule has 1 aromatic carbocycles. The van der Waals surface area contributed by atoms with Crippen LogP contribution in [0.15, 0.2) is 18.2 Å². The zero-order chi connectivity index (χ0) is 15.0. The van der Waals surface area contributed by atoms with Gasteiger partial charge in [-0.3, -0.25) is 4.90 Å². The maximum atomic E-state index is 11.7. The lowest BCUT2D eigenvalue weighted by atomic mass is 9.99. The van der Waals surface area contributed by atoms with Crippen LogP contribution in [0.3, 0.4) is 0 Å². The summed E-state index contributed by atoms with van der Waals surface area (Å²) < 4.78 is 25.0. The molecule has 0 radical (unpaired) electrons. The van der Waals surface area contributed by atoms with E-state index < -0.39 is 10.0 Å². The molecule has 6 heteroatoms. The zero-order valence-electron chi connectivity index (χ0n) is 12.5. The lowest BCUT2D eigenvalue weighted by Gasteiger charge is -2.33. The summed E-state index contributed by atoms with van der Waals surface area (Å²) in [6, 6.07) is 6.09. The molecular weight excluding hydrogens is 286 g/mol. The topological polar surface area (TPSA) is 66.6 Å². The van der Waals surface area contributed by atoms with Crippen molar-refractivity contribution in [2.45, 2.75) is 25.9 Å². The Morgan fingerprint density at radius 1 is 1.33 bits per heavy atom. The number of benzene rings is 1. The monoisotopic (exact) mass is 309 g/mol. The Morgan fingerprint density at radius 2 is 2.14 bits per heavy atom. The van der Waals surface area contributed by atoms with E-state index in [1.807, 2.05) is 12.1 Å². The Hall–Kier alpha value is -1.11. The maximum Gasteiger partial charge on any atom is 0.211 e. The molecule has 1 fully saturated rings. The number of anilines is 1. The van der Waals surface area contributed by atoms with Crippen molar-refractivity contribution in [3.05, 3.63) is 29.3 Å². The fourth-order valence-corrected chi connectivity index (χ4v) is 4.43. The molecule has 5 nitrogen and oxygen atoms in total. The van der Waals surface area contributed by atoms with E-state index in [1.165, 1.54) is 17.4 Å². The second-order valence-electron chi connectivity index (χ2n) is 6.28. The number of nitrogens with two attached hydrogens (primary N) is 1. The highest BCUT2D eigenvalue weighted by Crippen LogP contribution is 2.29. The number of nitrogen functional groups attached to an aromatic ring is 1. The fraction of sp³-hybridized carbons (Fsp3) is 0.600. The fourth-order valence-electron chi connectivity index (χ4n) is 3.49. The largest absolute Gasteiger partial charge is 0.398 e. The molecule has 21 heavy (non-hydrogen) atoms. The van der Waals surface area contributed by atoms with Gasteiger partial charge < -0.3 is 5.73 Å². The second kappa shape index (κ2) is 5.59. The minimum atomic E-state index is -3.06. The first-order chi connectivity index (χ1) is 9.93. The molecule has 1 aromatic rings. The molecule has 0 saturated carbocycles. The summed E-state index contributed by atoms with van der Waals surface area (Å²) in [5.41, 5.74) is 9.46. The Labute approximate surface area is 126 Å². The van der Waals surface area contributed by atoms with Crippen LogP contribution in [0, 0.1) is 5.92 Å². The van der Waals surface area contributed by atoms with Gasteiger partial charge >= 0.3 is 0 Å². The van der Waals surface area contributed by atoms with E-state index in [0.717, 1.165) is 38.2 Å². The molecule has 2 aliphatic heterocycles. The van der Waals surface area contributed by atoms with Crippen LogP contribution >= 0.6 is 0 Å². The van der Waals surface area contributed by atoms with E-state index >= 15 is 0 Å². The Balaban J connectivity index is 1.63. The van der Waals surface area contributed by atoms with Gasteiger partial charge in [0.15, 0.2) is 0 Å². The number of fused-ring (bicyclic) bond motifs is 1. The van der Waals surface area contributed by atoms with Gasteiger partial charge in [-0.1, -0.05) is 12.1 Å². The third kappa shape index (κ3) is 3.22. The van der Waals surface area contributed by atoms with Crippen molar-refractivity contribution in [1.82, 2.24) is 9.21 Å². The van der Waals surface area contributed by atoms with Crippen LogP contribution < -0.4 is 5.73 Å². The van der Waals surface area contributed by atoms with Crippen LogP contribution in [0.1, 0.15) is 24.0 Å². The van der Waals surface area contributed by atoms with E-state index in [4.69, 9.17) is 5.73 Å². The number of rotatable bonds is 3. The molecule has 1 atom stereocenters. The van der Waals surface area contributed by atoms with Gasteiger partial charge in [0.1, 0.15) is 0 Å². The van der Waals surface area contributed by atoms with Gasteiger partial charge in [0, 0.05) is 38.4 Å². The highest BCUT2D eigenvalue weighted by molar-refractivity contribution is 7.88. The molecule has 0 aromatic heterocycles. The SMILES string of the molecule is CS(=O)(=O)N1CCCC(CN2Cc3cccc(N)c3C2)C1. The minimum Gasteiger partial charge on any atom is -0.398 e. The average Bonchev–Trinajstić information content (AvgIpc) is 2.82. The van der Waals surface area contributed by atoms with Gasteiger partial charge in [-0.25, -0.2) is 12.7 Å². The van der Waals surface area contributed by atoms with Crippen LogP contribution in [-0.2, 0) is 23.1 Å². The Kier molecular flexibility index (Phi) is 3.94. The van der Waals surface area contributed by atoms with E-state index in [0.29, 0.717) is 19.0 Å². The summed E-state index contributed by atoms with van der Waals surface area (Å²) in [6.07, 6.45) is 3.37. The van der Waals surface area contributed by atoms with Crippen LogP contribution in [0.5, 0.6) is 0 Å². The van der Waals surface area contributed by atoms with Crippen LogP contribution in [-0.4, -0.2) is 43.5 Å². The van der Waals surface area contributed by atoms with Crippen molar-refractivity contribution in [2.24, 2.45) is 5.92 Å². The normalized spacial score (nSPS) is 24.1. The summed E-state index contributed by atoms with van der Waals surface area (Å²) >= 11 is 0. The molecule has 116 valence electrons. The first-order valence-corrected chi connectivity index (χ1v) is 9.32. The molecule has 1 saturated heterocycles. The van der Waals surface area contributed by atoms with E-state index in [1.54, 1.807) is 4.31 Å². The second-order valence-corrected chi connectivity index (χ2v) is 8.27. The van der Waals surface area contributed by atoms with Gasteiger partial charge in [0.2, 0.25) is 10.0 Å². The first kappa shape index (κ1) is 14.8. The summed E-state index contributed by atoms with van der Waals surface area (Å²) in [7, 11) is -3.06. The molecule has 0 aliphatic carbocycles. The maximum absolute atomic E-state index is 11.7. The van der Waals surface area contributed by atoms with Gasteiger partial charge in [0.25, 0.3) is 0 Å². The summed E-state index contributed by atoms with van der Waals surface area (Å²) in [6.45, 7) is 4.08. The smallest absolute Gasteiger partial charge is 0.211 e. The predicted octanol–water partition coefficient (Wildman–Crippen LogP) is 1.26. The average molecular weight is 309 g/mol. The van der Waals surface area contributed by atoms with Crippen molar-refractivity contribution >= 4 is 15.7 Å². The quantitative estimate of drug-likeness (QED) is 0.854. The van der Waals surface area contributed by atoms with Crippen molar-refractivity contribution in [3.63, 3.8) is 0 Å². The zero-order valence-corrected chi connectivity index (χ0v) is 13.3. The Bertz CT molecular complexity index is 630. The van der Waals surface area contributed by atoms with Crippen LogP contribution in [0.4, 0.5) is 5.69 Å². The lowest BCUT2D eigenvalue weighted by Crippen LogP contribution is -2.42. The molecule has 2 N–H and O–H groups in total. The highest BCUT2D eigenvalue weighted by Gasteiger charge is 2.29. The number of hydrogen-bond acceptors (Lipinski definition) is 4. The van der Waals surface area contributed by atoms with Crippen LogP contribution in [0.25, 0.3) is 0 Å². The molecule has 2 aliphatic rings. The van der Waals surface area contributed by atoms with E-state index in [9.17, 15) is 8.42 Å². The molecule has 0 amide bonds. The standard InChI is InChI=1S/C15H23N3O2S/c1-21(19,20)18-7-3-4-12(9-18)8-17-10-13-5-2-6-15(16)14(13)11-17/h2,5-6,12H,3-4,7-11,16H2,1H3. The highest BCUT2D eigenvalue weighted by atomic mass is 32.2. The number of sulfonamides is 1. The molecule has 2 heterocycles. The molecule has 1 unspecified atom stereocenters. The van der Waals surface area contributed by atoms with E-state index in [2.05, 4.69) is 11.0 Å². The van der Waals surface area contributed by atoms with Crippen molar-refractivity contribution < 1.29 is 8.42 Å².